The molecule has 74 valence electrons. The summed E-state index contributed by atoms with van der Waals surface area (Å²) in [7, 11) is 0. The fourth-order valence-electron chi connectivity index (χ4n) is 1.94. The highest BCUT2D eigenvalue weighted by molar-refractivity contribution is 6.04. The number of hydrogen-bond acceptors (Lipinski definition) is 1. The Bertz CT molecular complexity index is 548. The third kappa shape index (κ3) is 1.24. The van der Waals surface area contributed by atoms with Crippen molar-refractivity contribution in [2.24, 2.45) is 0 Å². The van der Waals surface area contributed by atoms with Gasteiger partial charge in [-0.3, -0.25) is 0 Å². The zero-order valence-electron chi connectivity index (χ0n) is 8.08. The largest absolute Gasteiger partial charge is 0.334 e. The van der Waals surface area contributed by atoms with Crippen molar-refractivity contribution in [3.05, 3.63) is 42.0 Å². The van der Waals surface area contributed by atoms with Gasteiger partial charge >= 0.3 is 6.03 Å². The van der Waals surface area contributed by atoms with Crippen LogP contribution in [0.4, 0.5) is 10.5 Å². The summed E-state index contributed by atoms with van der Waals surface area (Å²) in [4.78, 5) is 11.2. The maximum Gasteiger partial charge on any atom is 0.319 e. The maximum atomic E-state index is 11.2. The maximum absolute atomic E-state index is 11.2. The molecule has 0 unspecified atom stereocenters. The van der Waals surface area contributed by atoms with Crippen molar-refractivity contribution in [2.45, 2.75) is 6.54 Å². The molecule has 1 aliphatic rings. The van der Waals surface area contributed by atoms with Gasteiger partial charge in [0.15, 0.2) is 0 Å². The highest BCUT2D eigenvalue weighted by Crippen LogP contribution is 2.29. The van der Waals surface area contributed by atoms with Crippen molar-refractivity contribution in [2.75, 3.05) is 5.32 Å². The van der Waals surface area contributed by atoms with E-state index in [1.165, 1.54) is 0 Å². The first-order chi connectivity index (χ1) is 7.34. The molecule has 2 amide bonds. The van der Waals surface area contributed by atoms with Crippen LogP contribution in [0.15, 0.2) is 36.4 Å². The molecule has 3 nitrogen and oxygen atoms in total. The van der Waals surface area contributed by atoms with E-state index in [1.54, 1.807) is 0 Å². The minimum atomic E-state index is -0.126. The molecule has 0 aliphatic carbocycles. The van der Waals surface area contributed by atoms with Crippen LogP contribution in [0.1, 0.15) is 5.56 Å². The summed E-state index contributed by atoms with van der Waals surface area (Å²) in [5, 5.41) is 7.86. The first-order valence-electron chi connectivity index (χ1n) is 4.90. The van der Waals surface area contributed by atoms with Crippen molar-refractivity contribution in [1.29, 1.82) is 0 Å². The number of fused-ring (bicyclic) bond motifs is 3. The summed E-state index contributed by atoms with van der Waals surface area (Å²) >= 11 is 0. The second-order valence-corrected chi connectivity index (χ2v) is 3.63. The van der Waals surface area contributed by atoms with Gasteiger partial charge in [0, 0.05) is 11.9 Å². The van der Waals surface area contributed by atoms with Crippen LogP contribution in [-0.2, 0) is 6.54 Å². The molecule has 0 aromatic heterocycles. The first kappa shape index (κ1) is 8.29. The Morgan fingerprint density at radius 3 is 2.87 bits per heavy atom. The van der Waals surface area contributed by atoms with Gasteiger partial charge in [0.05, 0.1) is 5.69 Å². The average molecular weight is 198 g/mol. The van der Waals surface area contributed by atoms with Gasteiger partial charge in [-0.1, -0.05) is 36.4 Å². The van der Waals surface area contributed by atoms with E-state index in [2.05, 4.69) is 16.7 Å². The van der Waals surface area contributed by atoms with Crippen LogP contribution in [-0.4, -0.2) is 6.03 Å². The minimum Gasteiger partial charge on any atom is -0.334 e. The summed E-state index contributed by atoms with van der Waals surface area (Å²) in [6.07, 6.45) is 0. The topological polar surface area (TPSA) is 41.1 Å². The third-order valence-electron chi connectivity index (χ3n) is 2.69. The Morgan fingerprint density at radius 1 is 1.07 bits per heavy atom. The summed E-state index contributed by atoms with van der Waals surface area (Å²) in [6, 6.07) is 12.0. The van der Waals surface area contributed by atoms with Gasteiger partial charge < -0.3 is 10.6 Å². The molecule has 0 fully saturated rings. The van der Waals surface area contributed by atoms with Crippen LogP contribution in [0, 0.1) is 0 Å². The molecule has 0 spiro atoms. The molecule has 2 aromatic carbocycles. The van der Waals surface area contributed by atoms with E-state index in [9.17, 15) is 4.79 Å². The number of anilines is 1. The molecular formula is C12H10N2O. The lowest BCUT2D eigenvalue weighted by molar-refractivity contribution is 0.251. The van der Waals surface area contributed by atoms with Gasteiger partial charge in [-0.15, -0.1) is 0 Å². The molecule has 3 heteroatoms. The predicted octanol–water partition coefficient (Wildman–Crippen LogP) is 2.47. The Balaban J connectivity index is 2.32. The number of nitrogens with one attached hydrogen (secondary N) is 2. The van der Waals surface area contributed by atoms with Gasteiger partial charge in [-0.2, -0.15) is 0 Å². The lowest BCUT2D eigenvalue weighted by Gasteiger charge is -2.19. The molecule has 2 N–H and O–H groups in total. The SMILES string of the molecule is O=C1NCc2ccc3ccccc3c2N1. The van der Waals surface area contributed by atoms with Crippen LogP contribution < -0.4 is 10.6 Å². The highest BCUT2D eigenvalue weighted by Gasteiger charge is 2.15. The highest BCUT2D eigenvalue weighted by atomic mass is 16.2. The molecule has 1 heterocycles. The summed E-state index contributed by atoms with van der Waals surface area (Å²) in [5.41, 5.74) is 2.07. The second-order valence-electron chi connectivity index (χ2n) is 3.63. The van der Waals surface area contributed by atoms with E-state index in [0.29, 0.717) is 6.54 Å². The normalized spacial score (nSPS) is 14.3. The zero-order valence-corrected chi connectivity index (χ0v) is 8.08. The second kappa shape index (κ2) is 2.98. The first-order valence-corrected chi connectivity index (χ1v) is 4.90. The number of carbonyl (C=O) groups excluding carboxylic acids is 1. The molecule has 0 saturated carbocycles. The minimum absolute atomic E-state index is 0.126. The van der Waals surface area contributed by atoms with Crippen molar-refractivity contribution >= 4 is 22.5 Å². The molecule has 0 bridgehead atoms. The number of amides is 2. The lowest BCUT2D eigenvalue weighted by atomic mass is 10.0. The van der Waals surface area contributed by atoms with E-state index < -0.39 is 0 Å². The van der Waals surface area contributed by atoms with E-state index in [1.807, 2.05) is 30.3 Å². The summed E-state index contributed by atoms with van der Waals surface area (Å²) in [5.74, 6) is 0. The quantitative estimate of drug-likeness (QED) is 0.670. The standard InChI is InChI=1S/C12H10N2O/c15-12-13-7-9-6-5-8-3-1-2-4-10(8)11(9)14-12/h1-6H,7H2,(H2,13,14,15). The van der Waals surface area contributed by atoms with Gasteiger partial charge in [-0.05, 0) is 10.9 Å². The molecule has 1 aliphatic heterocycles. The number of urea groups is 1. The summed E-state index contributed by atoms with van der Waals surface area (Å²) in [6.45, 7) is 0.603. The van der Waals surface area contributed by atoms with Gasteiger partial charge in [0.1, 0.15) is 0 Å². The Labute approximate surface area is 87.1 Å². The lowest BCUT2D eigenvalue weighted by Crippen LogP contribution is -2.33. The number of hydrogen-bond donors (Lipinski definition) is 2. The average Bonchev–Trinajstić information content (AvgIpc) is 2.29. The van der Waals surface area contributed by atoms with Crippen LogP contribution in [0.25, 0.3) is 10.8 Å². The van der Waals surface area contributed by atoms with Crippen LogP contribution in [0.2, 0.25) is 0 Å². The fraction of sp³-hybridized carbons (Fsp3) is 0.0833. The molecule has 0 saturated heterocycles. The smallest absolute Gasteiger partial charge is 0.319 e. The predicted molar refractivity (Wildman–Crippen MR) is 59.8 cm³/mol. The van der Waals surface area contributed by atoms with Crippen LogP contribution >= 0.6 is 0 Å². The van der Waals surface area contributed by atoms with E-state index in [-0.39, 0.29) is 6.03 Å². The van der Waals surface area contributed by atoms with Gasteiger partial charge in [0.2, 0.25) is 0 Å². The molecule has 15 heavy (non-hydrogen) atoms. The van der Waals surface area contributed by atoms with Crippen molar-refractivity contribution in [3.63, 3.8) is 0 Å². The monoisotopic (exact) mass is 198 g/mol. The Morgan fingerprint density at radius 2 is 1.93 bits per heavy atom. The van der Waals surface area contributed by atoms with Crippen molar-refractivity contribution in [3.8, 4) is 0 Å². The number of rotatable bonds is 0. The molecule has 0 atom stereocenters. The van der Waals surface area contributed by atoms with E-state index >= 15 is 0 Å². The molecule has 0 radical (unpaired) electrons. The Hall–Kier alpha value is -2.03. The number of carbonyl (C=O) groups is 1. The van der Waals surface area contributed by atoms with Gasteiger partial charge in [-0.25, -0.2) is 4.79 Å². The zero-order chi connectivity index (χ0) is 10.3. The summed E-state index contributed by atoms with van der Waals surface area (Å²) < 4.78 is 0. The molecular weight excluding hydrogens is 188 g/mol. The van der Waals surface area contributed by atoms with E-state index in [4.69, 9.17) is 0 Å². The fourth-order valence-corrected chi connectivity index (χ4v) is 1.94. The molecule has 2 aromatic rings. The van der Waals surface area contributed by atoms with Crippen LogP contribution in [0.5, 0.6) is 0 Å². The van der Waals surface area contributed by atoms with Crippen molar-refractivity contribution in [1.82, 2.24) is 5.32 Å². The number of benzene rings is 2. The van der Waals surface area contributed by atoms with E-state index in [0.717, 1.165) is 22.0 Å². The molecule has 3 rings (SSSR count). The van der Waals surface area contributed by atoms with Gasteiger partial charge in [0.25, 0.3) is 0 Å². The van der Waals surface area contributed by atoms with Crippen LogP contribution in [0.3, 0.4) is 0 Å². The Kier molecular flexibility index (Phi) is 1.65. The third-order valence-corrected chi connectivity index (χ3v) is 2.69. The van der Waals surface area contributed by atoms with Crippen molar-refractivity contribution < 1.29 is 4.79 Å².